The second-order valence-electron chi connectivity index (χ2n) is 11.1. The number of aromatic nitrogens is 1. The smallest absolute Gasteiger partial charge is 0.416 e. The van der Waals surface area contributed by atoms with E-state index in [9.17, 15) is 32.3 Å². The number of anilines is 2. The molecule has 0 saturated carbocycles. The van der Waals surface area contributed by atoms with Crippen LogP contribution in [0.2, 0.25) is 0 Å². The predicted molar refractivity (Wildman–Crippen MR) is 175 cm³/mol. The van der Waals surface area contributed by atoms with E-state index in [0.29, 0.717) is 21.2 Å². The summed E-state index contributed by atoms with van der Waals surface area (Å²) in [5.74, 6) is -3.14. The molecule has 14 heteroatoms. The van der Waals surface area contributed by atoms with Crippen LogP contribution < -0.4 is 24.6 Å². The minimum Gasteiger partial charge on any atom is -0.493 e. The van der Waals surface area contributed by atoms with Gasteiger partial charge in [-0.15, -0.1) is 0 Å². The number of thiazole rings is 1. The number of hydrogen-bond donors (Lipinski definition) is 2. The van der Waals surface area contributed by atoms with E-state index in [1.54, 1.807) is 24.3 Å². The summed E-state index contributed by atoms with van der Waals surface area (Å²) in [4.78, 5) is 56.6. The molecule has 2 aliphatic rings. The summed E-state index contributed by atoms with van der Waals surface area (Å²) in [7, 11) is 1.40. The second kappa shape index (κ2) is 12.2. The van der Waals surface area contributed by atoms with Gasteiger partial charge in [-0.1, -0.05) is 71.6 Å². The van der Waals surface area contributed by atoms with Gasteiger partial charge in [0, 0.05) is 21.9 Å². The maximum atomic E-state index is 14.0. The molecule has 7 rings (SSSR count). The number of methoxy groups -OCH3 is 1. The SMILES string of the molecule is COc1cc([C@H]2c3sc(=O)[nH]c3SC3C(=O)N(c4cccc(C(F)(F)F)c4)C(=O)C32)ccc1OCC(=O)Nc1cccc2ccccc12. The van der Waals surface area contributed by atoms with E-state index in [1.807, 2.05) is 36.4 Å². The summed E-state index contributed by atoms with van der Waals surface area (Å²) >= 11 is 1.91. The third-order valence-electron chi connectivity index (χ3n) is 8.22. The van der Waals surface area contributed by atoms with Gasteiger partial charge >= 0.3 is 11.0 Å². The molecule has 5 aromatic rings. The van der Waals surface area contributed by atoms with Crippen molar-refractivity contribution in [3.63, 3.8) is 0 Å². The fourth-order valence-corrected chi connectivity index (χ4v) is 8.63. The molecule has 48 heavy (non-hydrogen) atoms. The van der Waals surface area contributed by atoms with Crippen LogP contribution in [0.25, 0.3) is 10.8 Å². The number of hydrogen-bond acceptors (Lipinski definition) is 8. The van der Waals surface area contributed by atoms with E-state index in [2.05, 4.69) is 10.3 Å². The van der Waals surface area contributed by atoms with Crippen LogP contribution in [0.5, 0.6) is 11.5 Å². The average molecular weight is 692 g/mol. The first-order chi connectivity index (χ1) is 23.0. The van der Waals surface area contributed by atoms with Crippen molar-refractivity contribution in [3.8, 4) is 11.5 Å². The molecule has 3 atom stereocenters. The molecule has 0 radical (unpaired) electrons. The summed E-state index contributed by atoms with van der Waals surface area (Å²) in [6.45, 7) is -0.341. The molecule has 2 N–H and O–H groups in total. The zero-order valence-electron chi connectivity index (χ0n) is 24.9. The normalized spacial score (nSPS) is 18.8. The van der Waals surface area contributed by atoms with Crippen molar-refractivity contribution >= 4 is 63.0 Å². The van der Waals surface area contributed by atoms with Crippen LogP contribution in [-0.4, -0.2) is 41.7 Å². The number of ether oxygens (including phenoxy) is 2. The number of amides is 3. The number of imide groups is 1. The van der Waals surface area contributed by atoms with Crippen molar-refractivity contribution in [3.05, 3.63) is 111 Å². The van der Waals surface area contributed by atoms with Gasteiger partial charge in [0.05, 0.1) is 29.3 Å². The summed E-state index contributed by atoms with van der Waals surface area (Å²) in [6, 6.07) is 22.1. The van der Waals surface area contributed by atoms with Crippen molar-refractivity contribution in [1.82, 2.24) is 4.98 Å². The molecule has 1 saturated heterocycles. The van der Waals surface area contributed by atoms with Crippen LogP contribution in [0.1, 0.15) is 21.9 Å². The number of rotatable bonds is 7. The van der Waals surface area contributed by atoms with E-state index in [1.165, 1.54) is 13.2 Å². The number of aromatic amines is 1. The van der Waals surface area contributed by atoms with E-state index < -0.39 is 46.5 Å². The van der Waals surface area contributed by atoms with E-state index in [-0.39, 0.29) is 28.7 Å². The van der Waals surface area contributed by atoms with Gasteiger partial charge in [-0.2, -0.15) is 13.2 Å². The molecule has 2 aliphatic heterocycles. The number of carbonyl (C=O) groups is 3. The van der Waals surface area contributed by atoms with E-state index in [4.69, 9.17) is 9.47 Å². The van der Waals surface area contributed by atoms with Crippen LogP contribution in [0, 0.1) is 5.92 Å². The maximum absolute atomic E-state index is 14.0. The number of thioether (sulfide) groups is 1. The van der Waals surface area contributed by atoms with Gasteiger partial charge in [-0.25, -0.2) is 4.90 Å². The molecule has 2 unspecified atom stereocenters. The molecule has 244 valence electrons. The average Bonchev–Trinajstić information content (AvgIpc) is 3.57. The minimum absolute atomic E-state index is 0.187. The number of nitrogens with zero attached hydrogens (tertiary/aromatic N) is 1. The molecule has 3 amide bonds. The first-order valence-electron chi connectivity index (χ1n) is 14.6. The van der Waals surface area contributed by atoms with Gasteiger partial charge in [0.1, 0.15) is 5.25 Å². The molecule has 4 aromatic carbocycles. The number of alkyl halides is 3. The molecule has 1 aromatic heterocycles. The molecule has 0 aliphatic carbocycles. The third kappa shape index (κ3) is 5.60. The summed E-state index contributed by atoms with van der Waals surface area (Å²) in [5, 5.41) is 4.10. The highest BCUT2D eigenvalue weighted by molar-refractivity contribution is 8.00. The second-order valence-corrected chi connectivity index (χ2v) is 13.3. The Labute approximate surface area is 278 Å². The zero-order chi connectivity index (χ0) is 33.7. The Morgan fingerprint density at radius 3 is 2.50 bits per heavy atom. The molecular weight excluding hydrogens is 668 g/mol. The lowest BCUT2D eigenvalue weighted by atomic mass is 9.83. The van der Waals surface area contributed by atoms with Gasteiger partial charge in [0.15, 0.2) is 18.1 Å². The van der Waals surface area contributed by atoms with Crippen molar-refractivity contribution in [2.45, 2.75) is 22.4 Å². The van der Waals surface area contributed by atoms with Crippen molar-refractivity contribution in [1.29, 1.82) is 0 Å². The van der Waals surface area contributed by atoms with Crippen LogP contribution >= 0.6 is 23.1 Å². The van der Waals surface area contributed by atoms with Crippen molar-refractivity contribution in [2.24, 2.45) is 5.92 Å². The number of nitrogens with one attached hydrogen (secondary N) is 2. The zero-order valence-corrected chi connectivity index (χ0v) is 26.5. The summed E-state index contributed by atoms with van der Waals surface area (Å²) in [6.07, 6.45) is -4.67. The molecule has 0 spiro atoms. The van der Waals surface area contributed by atoms with E-state index >= 15 is 0 Å². The lowest BCUT2D eigenvalue weighted by molar-refractivity contribution is -0.137. The molecule has 0 bridgehead atoms. The van der Waals surface area contributed by atoms with Gasteiger partial charge < -0.3 is 19.8 Å². The molecular formula is C34H24F3N3O6S2. The Morgan fingerprint density at radius 2 is 1.71 bits per heavy atom. The van der Waals surface area contributed by atoms with Gasteiger partial charge in [-0.3, -0.25) is 19.2 Å². The van der Waals surface area contributed by atoms with E-state index in [0.717, 1.165) is 57.0 Å². The fraction of sp³-hybridized carbons (Fsp3) is 0.176. The minimum atomic E-state index is -4.67. The Balaban J connectivity index is 1.17. The highest BCUT2D eigenvalue weighted by Gasteiger charge is 2.56. The van der Waals surface area contributed by atoms with Crippen LogP contribution in [0.4, 0.5) is 24.5 Å². The topological polar surface area (TPSA) is 118 Å². The first kappa shape index (κ1) is 31.5. The molecule has 9 nitrogen and oxygen atoms in total. The van der Waals surface area contributed by atoms with Crippen LogP contribution in [0.15, 0.2) is 94.7 Å². The number of fused-ring (bicyclic) bond motifs is 3. The van der Waals surface area contributed by atoms with Crippen LogP contribution in [-0.2, 0) is 20.6 Å². The largest absolute Gasteiger partial charge is 0.493 e. The lowest BCUT2D eigenvalue weighted by Gasteiger charge is -2.30. The standard InChI is InChI=1S/C34H24F3N3O6S2/c1-45-24-14-18(12-13-23(24)46-16-25(41)38-22-11-4-7-17-6-2-3-10-21(17)22)26-27-29(47-30-28(26)48-33(44)39-30)32(43)40(31(27)42)20-9-5-8-19(15-20)34(35,36)37/h2-15,26-27,29H,16H2,1H3,(H,38,41)(H,39,44)/t26-,27?,29?/m1/s1. The summed E-state index contributed by atoms with van der Waals surface area (Å²) < 4.78 is 51.9. The van der Waals surface area contributed by atoms with Crippen molar-refractivity contribution in [2.75, 3.05) is 23.9 Å². The Kier molecular flexibility index (Phi) is 8.00. The Morgan fingerprint density at radius 1 is 0.938 bits per heavy atom. The number of H-pyrrole nitrogens is 1. The van der Waals surface area contributed by atoms with Gasteiger partial charge in [-0.05, 0) is 47.3 Å². The Bertz CT molecular complexity index is 2160. The van der Waals surface area contributed by atoms with Crippen molar-refractivity contribution < 1.29 is 37.0 Å². The predicted octanol–water partition coefficient (Wildman–Crippen LogP) is 6.43. The molecule has 1 fully saturated rings. The highest BCUT2D eigenvalue weighted by atomic mass is 32.2. The fourth-order valence-electron chi connectivity index (χ4n) is 6.11. The number of halogens is 3. The maximum Gasteiger partial charge on any atom is 0.416 e. The monoisotopic (exact) mass is 691 g/mol. The molecule has 3 heterocycles. The third-order valence-corrected chi connectivity index (χ3v) is 10.6. The van der Waals surface area contributed by atoms with Gasteiger partial charge in [0.2, 0.25) is 11.8 Å². The van der Waals surface area contributed by atoms with Crippen LogP contribution in [0.3, 0.4) is 0 Å². The quantitative estimate of drug-likeness (QED) is 0.189. The Hall–Kier alpha value is -5.08. The number of carbonyl (C=O) groups excluding carboxylic acids is 3. The highest BCUT2D eigenvalue weighted by Crippen LogP contribution is 2.54. The van der Waals surface area contributed by atoms with Gasteiger partial charge in [0.25, 0.3) is 5.91 Å². The lowest BCUT2D eigenvalue weighted by Crippen LogP contribution is -2.32. The summed E-state index contributed by atoms with van der Waals surface area (Å²) in [5.41, 5.74) is -0.0361. The number of benzene rings is 4. The first-order valence-corrected chi connectivity index (χ1v) is 16.3.